The molecule has 18 heavy (non-hydrogen) atoms. The Morgan fingerprint density at radius 3 is 2.33 bits per heavy atom. The lowest BCUT2D eigenvalue weighted by atomic mass is 10.1. The number of unbranched alkanes of at least 4 members (excludes halogenated alkanes) is 5. The first-order valence-electron chi connectivity index (χ1n) is 7.42. The molecular weight excluding hydrogens is 224 g/mol. The van der Waals surface area contributed by atoms with E-state index in [1.807, 2.05) is 6.92 Å². The molecular formula is C15H30N2O. The lowest BCUT2D eigenvalue weighted by Crippen LogP contribution is -2.45. The Bertz CT molecular complexity index is 225. The van der Waals surface area contributed by atoms with Crippen LogP contribution in [-0.2, 0) is 4.74 Å². The molecule has 3 heteroatoms. The molecule has 0 fully saturated rings. The van der Waals surface area contributed by atoms with E-state index >= 15 is 0 Å². The zero-order valence-corrected chi connectivity index (χ0v) is 12.4. The number of nitrogens with zero attached hydrogens (tertiary/aromatic N) is 1. The van der Waals surface area contributed by atoms with Gasteiger partial charge in [0.15, 0.2) is 0 Å². The Balaban J connectivity index is 3.48. The first-order valence-corrected chi connectivity index (χ1v) is 7.42. The van der Waals surface area contributed by atoms with Gasteiger partial charge in [-0.05, 0) is 26.3 Å². The van der Waals surface area contributed by atoms with Crippen LogP contribution in [0.1, 0.15) is 65.7 Å². The average Bonchev–Trinajstić information content (AvgIpc) is 2.39. The Labute approximate surface area is 113 Å². The maximum Gasteiger partial charge on any atom is 0.127 e. The van der Waals surface area contributed by atoms with E-state index in [4.69, 9.17) is 10.00 Å². The Kier molecular flexibility index (Phi) is 11.1. The summed E-state index contributed by atoms with van der Waals surface area (Å²) in [5.74, 6) is 0. The zero-order valence-electron chi connectivity index (χ0n) is 12.4. The molecule has 0 aliphatic heterocycles. The molecule has 1 N–H and O–H groups in total. The molecule has 0 saturated carbocycles. The van der Waals surface area contributed by atoms with Crippen LogP contribution in [0.3, 0.4) is 0 Å². The van der Waals surface area contributed by atoms with Gasteiger partial charge >= 0.3 is 0 Å². The maximum absolute atomic E-state index is 9.12. The van der Waals surface area contributed by atoms with E-state index in [0.717, 1.165) is 26.0 Å². The van der Waals surface area contributed by atoms with Gasteiger partial charge in [-0.25, -0.2) is 0 Å². The van der Waals surface area contributed by atoms with Gasteiger partial charge in [0.1, 0.15) is 5.54 Å². The second-order valence-electron chi connectivity index (χ2n) is 5.19. The molecule has 0 saturated heterocycles. The van der Waals surface area contributed by atoms with Crippen molar-refractivity contribution < 1.29 is 4.74 Å². The first-order chi connectivity index (χ1) is 8.68. The van der Waals surface area contributed by atoms with Crippen molar-refractivity contribution in [2.24, 2.45) is 0 Å². The molecule has 3 nitrogen and oxygen atoms in total. The van der Waals surface area contributed by atoms with Gasteiger partial charge in [-0.3, -0.25) is 5.32 Å². The van der Waals surface area contributed by atoms with Gasteiger partial charge in [0.2, 0.25) is 0 Å². The molecule has 0 heterocycles. The van der Waals surface area contributed by atoms with Gasteiger partial charge in [-0.15, -0.1) is 0 Å². The first kappa shape index (κ1) is 17.4. The minimum atomic E-state index is -0.530. The van der Waals surface area contributed by atoms with Crippen LogP contribution in [-0.4, -0.2) is 25.3 Å². The van der Waals surface area contributed by atoms with Crippen molar-refractivity contribution in [2.45, 2.75) is 71.3 Å². The number of hydrogen-bond donors (Lipinski definition) is 1. The van der Waals surface area contributed by atoms with Crippen LogP contribution in [0, 0.1) is 11.3 Å². The highest BCUT2D eigenvalue weighted by Crippen LogP contribution is 2.07. The number of hydrogen-bond acceptors (Lipinski definition) is 3. The minimum absolute atomic E-state index is 0.485. The van der Waals surface area contributed by atoms with Crippen molar-refractivity contribution in [3.8, 4) is 6.07 Å². The summed E-state index contributed by atoms with van der Waals surface area (Å²) in [5.41, 5.74) is -0.530. The van der Waals surface area contributed by atoms with Gasteiger partial charge in [0, 0.05) is 6.61 Å². The van der Waals surface area contributed by atoms with Crippen molar-refractivity contribution in [3.63, 3.8) is 0 Å². The van der Waals surface area contributed by atoms with Crippen molar-refractivity contribution in [1.29, 1.82) is 5.26 Å². The van der Waals surface area contributed by atoms with Crippen molar-refractivity contribution in [1.82, 2.24) is 5.32 Å². The maximum atomic E-state index is 9.12. The summed E-state index contributed by atoms with van der Waals surface area (Å²) < 4.78 is 5.61. The minimum Gasteiger partial charge on any atom is -0.378 e. The third-order valence-electron chi connectivity index (χ3n) is 3.04. The zero-order chi connectivity index (χ0) is 13.7. The normalized spacial score (nSPS) is 14.1. The molecule has 0 aromatic rings. The van der Waals surface area contributed by atoms with Gasteiger partial charge in [0.05, 0.1) is 12.7 Å². The van der Waals surface area contributed by atoms with Gasteiger partial charge in [-0.1, -0.05) is 46.0 Å². The van der Waals surface area contributed by atoms with Crippen LogP contribution in [0.2, 0.25) is 0 Å². The molecule has 0 aliphatic carbocycles. The highest BCUT2D eigenvalue weighted by molar-refractivity contribution is 5.03. The Hall–Kier alpha value is -0.590. The standard InChI is InChI=1S/C15H30N2O/c1-4-6-7-8-9-10-12-18-14-15(3,13-16)17-11-5-2/h17H,4-12,14H2,1-3H3. The van der Waals surface area contributed by atoms with E-state index in [1.165, 1.54) is 32.1 Å². The van der Waals surface area contributed by atoms with Crippen molar-refractivity contribution >= 4 is 0 Å². The van der Waals surface area contributed by atoms with E-state index in [2.05, 4.69) is 25.2 Å². The number of nitrogens with one attached hydrogen (secondary N) is 1. The summed E-state index contributed by atoms with van der Waals surface area (Å²) in [7, 11) is 0. The number of rotatable bonds is 12. The van der Waals surface area contributed by atoms with Crippen LogP contribution in [0.15, 0.2) is 0 Å². The van der Waals surface area contributed by atoms with Gasteiger partial charge in [0.25, 0.3) is 0 Å². The van der Waals surface area contributed by atoms with Gasteiger partial charge < -0.3 is 4.74 Å². The summed E-state index contributed by atoms with van der Waals surface area (Å²) in [6.45, 7) is 8.36. The number of nitriles is 1. The summed E-state index contributed by atoms with van der Waals surface area (Å²) in [6.07, 6.45) is 8.67. The smallest absolute Gasteiger partial charge is 0.127 e. The van der Waals surface area contributed by atoms with Crippen LogP contribution >= 0.6 is 0 Å². The molecule has 106 valence electrons. The van der Waals surface area contributed by atoms with E-state index in [9.17, 15) is 0 Å². The molecule has 0 aromatic carbocycles. The van der Waals surface area contributed by atoms with E-state index in [-0.39, 0.29) is 0 Å². The lowest BCUT2D eigenvalue weighted by Gasteiger charge is -2.22. The van der Waals surface area contributed by atoms with Crippen LogP contribution in [0.5, 0.6) is 0 Å². The predicted octanol–water partition coefficient (Wildman–Crippen LogP) is 3.65. The molecule has 0 bridgehead atoms. The molecule has 1 atom stereocenters. The fraction of sp³-hybridized carbons (Fsp3) is 0.933. The molecule has 0 aromatic heterocycles. The Morgan fingerprint density at radius 2 is 1.72 bits per heavy atom. The Morgan fingerprint density at radius 1 is 1.06 bits per heavy atom. The fourth-order valence-corrected chi connectivity index (χ4v) is 1.78. The molecule has 0 spiro atoms. The van der Waals surface area contributed by atoms with Crippen LogP contribution < -0.4 is 5.32 Å². The summed E-state index contributed by atoms with van der Waals surface area (Å²) in [5, 5.41) is 12.3. The lowest BCUT2D eigenvalue weighted by molar-refractivity contribution is 0.0923. The highest BCUT2D eigenvalue weighted by atomic mass is 16.5. The second-order valence-corrected chi connectivity index (χ2v) is 5.19. The summed E-state index contributed by atoms with van der Waals surface area (Å²) in [4.78, 5) is 0. The third kappa shape index (κ3) is 9.44. The predicted molar refractivity (Wildman–Crippen MR) is 76.5 cm³/mol. The van der Waals surface area contributed by atoms with Crippen molar-refractivity contribution in [2.75, 3.05) is 19.8 Å². The average molecular weight is 254 g/mol. The molecule has 0 aliphatic rings. The third-order valence-corrected chi connectivity index (χ3v) is 3.04. The molecule has 1 unspecified atom stereocenters. The molecule has 0 radical (unpaired) electrons. The largest absolute Gasteiger partial charge is 0.378 e. The summed E-state index contributed by atoms with van der Waals surface area (Å²) >= 11 is 0. The van der Waals surface area contributed by atoms with Crippen LogP contribution in [0.4, 0.5) is 0 Å². The SMILES string of the molecule is CCCCCCCCOCC(C)(C#N)NCCC. The van der Waals surface area contributed by atoms with Crippen LogP contribution in [0.25, 0.3) is 0 Å². The number of ether oxygens (including phenoxy) is 1. The molecule has 0 rings (SSSR count). The fourth-order valence-electron chi connectivity index (χ4n) is 1.78. The second kappa shape index (κ2) is 11.5. The van der Waals surface area contributed by atoms with Gasteiger partial charge in [-0.2, -0.15) is 5.26 Å². The van der Waals surface area contributed by atoms with E-state index < -0.39 is 5.54 Å². The van der Waals surface area contributed by atoms with E-state index in [1.54, 1.807) is 0 Å². The topological polar surface area (TPSA) is 45.0 Å². The van der Waals surface area contributed by atoms with Crippen molar-refractivity contribution in [3.05, 3.63) is 0 Å². The summed E-state index contributed by atoms with van der Waals surface area (Å²) in [6, 6.07) is 2.30. The monoisotopic (exact) mass is 254 g/mol. The highest BCUT2D eigenvalue weighted by Gasteiger charge is 2.22. The van der Waals surface area contributed by atoms with E-state index in [0.29, 0.717) is 6.61 Å². The quantitative estimate of drug-likeness (QED) is 0.541. The molecule has 0 amide bonds.